The van der Waals surface area contributed by atoms with Crippen molar-refractivity contribution < 1.29 is 24.9 Å². The van der Waals surface area contributed by atoms with Crippen molar-refractivity contribution in [1.82, 2.24) is 0 Å². The summed E-state index contributed by atoms with van der Waals surface area (Å²) in [5.74, 6) is -2.08. The molecule has 5 N–H and O–H groups in total. The molecule has 15 heavy (non-hydrogen) atoms. The van der Waals surface area contributed by atoms with Gasteiger partial charge >= 0.3 is 65.8 Å². The number of hydrogen-bond acceptors (Lipinski definition) is 5. The molecule has 0 aromatic carbocycles. The van der Waals surface area contributed by atoms with Gasteiger partial charge < -0.3 is 10.8 Å². The van der Waals surface area contributed by atoms with E-state index in [1.54, 1.807) is 0 Å². The van der Waals surface area contributed by atoms with Crippen molar-refractivity contribution in [3.05, 3.63) is 0 Å². The van der Waals surface area contributed by atoms with Crippen molar-refractivity contribution in [2.45, 2.75) is 32.0 Å². The van der Waals surface area contributed by atoms with Crippen molar-refractivity contribution >= 4 is 27.8 Å². The molecule has 7 nitrogen and oxygen atoms in total. The van der Waals surface area contributed by atoms with Gasteiger partial charge in [0, 0.05) is 0 Å². The van der Waals surface area contributed by atoms with E-state index in [1.807, 2.05) is 0 Å². The Balaban J connectivity index is 0. The minimum atomic E-state index is -1.12. The van der Waals surface area contributed by atoms with E-state index in [4.69, 9.17) is 21.1 Å². The van der Waals surface area contributed by atoms with Crippen molar-refractivity contribution in [2.24, 2.45) is 9.70 Å². The summed E-state index contributed by atoms with van der Waals surface area (Å²) in [4.78, 5) is 19.7. The average Bonchev–Trinajstić information content (AvgIpc) is 2.04. The number of aliphatic carboxylic acids is 2. The number of carbonyl (C=O) groups is 2. The van der Waals surface area contributed by atoms with E-state index in [1.165, 1.54) is 13.8 Å². The number of aliphatic hydroxyl groups is 1. The van der Waals surface area contributed by atoms with Crippen LogP contribution in [0.4, 0.5) is 0 Å². The van der Waals surface area contributed by atoms with Gasteiger partial charge in [-0.3, -0.25) is 4.79 Å². The fraction of sp³-hybridized carbons (Fsp3) is 0.714. The van der Waals surface area contributed by atoms with Gasteiger partial charge in [0.15, 0.2) is 0 Å². The van der Waals surface area contributed by atoms with Crippen LogP contribution in [0.1, 0.15) is 13.8 Å². The molecule has 0 saturated carbocycles. The molecular weight excluding hydrogens is 271 g/mol. The summed E-state index contributed by atoms with van der Waals surface area (Å²) in [5.41, 5.74) is 4.84. The topological polar surface area (TPSA) is 133 Å². The van der Waals surface area contributed by atoms with Gasteiger partial charge in [0.05, 0.1) is 0 Å². The van der Waals surface area contributed by atoms with Crippen LogP contribution in [0.3, 0.4) is 0 Å². The predicted molar refractivity (Wildman–Crippen MR) is 52.6 cm³/mol. The van der Waals surface area contributed by atoms with Crippen LogP contribution in [-0.4, -0.2) is 61.3 Å². The number of carboxylic acids is 2. The molecule has 0 heterocycles. The second kappa shape index (κ2) is 8.48. The van der Waals surface area contributed by atoms with E-state index in [0.717, 1.165) is 0 Å². The zero-order valence-corrected chi connectivity index (χ0v) is 10.0. The molecule has 0 spiro atoms. The van der Waals surface area contributed by atoms with Crippen molar-refractivity contribution in [3.63, 3.8) is 0 Å². The van der Waals surface area contributed by atoms with E-state index in [-0.39, 0.29) is 0 Å². The fourth-order valence-electron chi connectivity index (χ4n) is 0.340. The summed E-state index contributed by atoms with van der Waals surface area (Å²) in [7, 11) is 0. The van der Waals surface area contributed by atoms with Crippen molar-refractivity contribution in [1.29, 1.82) is 0 Å². The molecule has 0 rings (SSSR count). The zero-order valence-electron chi connectivity index (χ0n) is 8.32. The molecular formula is C7H14N2O5Se. The van der Waals surface area contributed by atoms with E-state index >= 15 is 0 Å². The number of nitrogens with zero attached hydrogens (tertiary/aromatic N) is 1. The molecule has 88 valence electrons. The summed E-state index contributed by atoms with van der Waals surface area (Å²) in [5, 5.41) is 24.8. The third-order valence-corrected chi connectivity index (χ3v) is 1.69. The molecule has 0 radical (unpaired) electrons. The Labute approximate surface area is 94.9 Å². The summed E-state index contributed by atoms with van der Waals surface area (Å²) < 4.78 is 3.31. The first kappa shape index (κ1) is 16.6. The molecule has 0 aliphatic heterocycles. The maximum atomic E-state index is 10.1. The number of aliphatic hydroxyl groups excluding tert-OH is 1. The SMILES string of the molecule is CC(N)C(=O)O.CC(O)C(N=[Se])C(=O)O. The Kier molecular flexibility index (Phi) is 9.39. The molecule has 3 unspecified atom stereocenters. The molecule has 0 amide bonds. The Hall–Kier alpha value is -0.821. The first-order chi connectivity index (χ1) is 6.73. The fourth-order valence-corrected chi connectivity index (χ4v) is 0.898. The number of rotatable bonds is 4. The normalized spacial score (nSPS) is 15.2. The summed E-state index contributed by atoms with van der Waals surface area (Å²) in [6.07, 6.45) is -0.941. The van der Waals surface area contributed by atoms with Crippen LogP contribution < -0.4 is 5.73 Å². The molecule has 0 bridgehead atoms. The predicted octanol–water partition coefficient (Wildman–Crippen LogP) is -1.41. The van der Waals surface area contributed by atoms with Gasteiger partial charge in [0.1, 0.15) is 6.04 Å². The summed E-state index contributed by atoms with van der Waals surface area (Å²) in [6, 6.07) is -1.77. The van der Waals surface area contributed by atoms with Crippen LogP contribution in [0.5, 0.6) is 0 Å². The van der Waals surface area contributed by atoms with Crippen molar-refractivity contribution in [3.8, 4) is 0 Å². The Morgan fingerprint density at radius 3 is 1.60 bits per heavy atom. The van der Waals surface area contributed by atoms with Crippen molar-refractivity contribution in [2.75, 3.05) is 0 Å². The van der Waals surface area contributed by atoms with Gasteiger partial charge in [-0.2, -0.15) is 0 Å². The Bertz CT molecular complexity index is 231. The molecule has 8 heteroatoms. The molecule has 3 atom stereocenters. The van der Waals surface area contributed by atoms with E-state index < -0.39 is 30.1 Å². The number of hydrogen-bond donors (Lipinski definition) is 4. The zero-order chi connectivity index (χ0) is 12.6. The Morgan fingerprint density at radius 1 is 1.27 bits per heavy atom. The molecule has 0 aromatic heterocycles. The van der Waals surface area contributed by atoms with Gasteiger partial charge in [-0.05, 0) is 6.92 Å². The van der Waals surface area contributed by atoms with Crippen LogP contribution in [-0.2, 0) is 9.59 Å². The van der Waals surface area contributed by atoms with Gasteiger partial charge in [0.2, 0.25) is 0 Å². The standard InChI is InChI=1S/C4H7NO3Se.C3H7NO2/c1-2(6)3(5-9)4(7)8;1-2(4)3(5)6/h2-3,6H,1H3,(H,7,8);2H,4H2,1H3,(H,5,6). The summed E-state index contributed by atoms with van der Waals surface area (Å²) >= 11 is 2.19. The quantitative estimate of drug-likeness (QED) is 0.469. The van der Waals surface area contributed by atoms with Crippen LogP contribution in [0, 0.1) is 0 Å². The first-order valence-corrected chi connectivity index (χ1v) is 4.72. The monoisotopic (exact) mass is 286 g/mol. The first-order valence-electron chi connectivity index (χ1n) is 3.95. The van der Waals surface area contributed by atoms with E-state index in [0.29, 0.717) is 0 Å². The van der Waals surface area contributed by atoms with Crippen LogP contribution in [0.15, 0.2) is 3.96 Å². The van der Waals surface area contributed by atoms with Gasteiger partial charge in [-0.15, -0.1) is 0 Å². The maximum absolute atomic E-state index is 10.1. The van der Waals surface area contributed by atoms with Gasteiger partial charge in [-0.25, -0.2) is 0 Å². The third-order valence-electron chi connectivity index (χ3n) is 1.21. The minimum absolute atomic E-state index is 0.731. The van der Waals surface area contributed by atoms with Crippen LogP contribution >= 0.6 is 0 Å². The summed E-state index contributed by atoms with van der Waals surface area (Å²) in [6.45, 7) is 2.79. The molecule has 0 aliphatic rings. The molecule has 0 aromatic rings. The number of carboxylic acid groups (broad SMARTS) is 2. The van der Waals surface area contributed by atoms with E-state index in [9.17, 15) is 9.59 Å². The van der Waals surface area contributed by atoms with Gasteiger partial charge in [0.25, 0.3) is 0 Å². The van der Waals surface area contributed by atoms with Gasteiger partial charge in [-0.1, -0.05) is 0 Å². The van der Waals surface area contributed by atoms with Crippen LogP contribution in [0.2, 0.25) is 0 Å². The Morgan fingerprint density at radius 2 is 1.60 bits per heavy atom. The average molecular weight is 285 g/mol. The molecule has 0 fully saturated rings. The number of nitrogens with two attached hydrogens (primary N) is 1. The molecule has 0 saturated heterocycles. The molecule has 0 aliphatic carbocycles. The second-order valence-electron chi connectivity index (χ2n) is 2.76. The second-order valence-corrected chi connectivity index (χ2v) is 3.20. The van der Waals surface area contributed by atoms with Crippen LogP contribution in [0.25, 0.3) is 0 Å². The van der Waals surface area contributed by atoms with E-state index in [2.05, 4.69) is 19.8 Å². The third kappa shape index (κ3) is 9.48.